The minimum atomic E-state index is -3.43. The second-order valence-corrected chi connectivity index (χ2v) is 12.6. The van der Waals surface area contributed by atoms with E-state index in [4.69, 9.17) is 0 Å². The molecule has 1 aromatic heterocycles. The minimum Gasteiger partial charge on any atom is -0.350 e. The molecule has 3 rings (SSSR count). The molecule has 0 bridgehead atoms. The number of sulfonamides is 1. The Bertz CT molecular complexity index is 1210. The fourth-order valence-corrected chi connectivity index (χ4v) is 5.37. The summed E-state index contributed by atoms with van der Waals surface area (Å²) in [6.07, 6.45) is 9.25. The number of carbonyl (C=O) groups excluding carboxylic acids is 2. The Hall–Kier alpha value is -2.92. The monoisotopic (exact) mass is 560 g/mol. The van der Waals surface area contributed by atoms with Gasteiger partial charge in [0.15, 0.2) is 0 Å². The lowest BCUT2D eigenvalue weighted by atomic mass is 10.0. The predicted octanol–water partition coefficient (Wildman–Crippen LogP) is 3.85. The van der Waals surface area contributed by atoms with Crippen molar-refractivity contribution in [2.75, 3.05) is 42.1 Å². The van der Waals surface area contributed by atoms with E-state index in [1.807, 2.05) is 17.0 Å². The third kappa shape index (κ3) is 9.96. The quantitative estimate of drug-likeness (QED) is 0.481. The van der Waals surface area contributed by atoms with Crippen molar-refractivity contribution in [2.24, 2.45) is 5.92 Å². The van der Waals surface area contributed by atoms with Crippen molar-refractivity contribution in [1.29, 1.82) is 0 Å². The Labute approximate surface area is 233 Å². The van der Waals surface area contributed by atoms with E-state index >= 15 is 0 Å². The van der Waals surface area contributed by atoms with Crippen LogP contribution < -0.4 is 14.9 Å². The van der Waals surface area contributed by atoms with Gasteiger partial charge in [-0.1, -0.05) is 33.1 Å². The molecule has 216 valence electrons. The summed E-state index contributed by atoms with van der Waals surface area (Å²) in [5.74, 6) is 0.728. The molecule has 0 atom stereocenters. The van der Waals surface area contributed by atoms with E-state index in [0.717, 1.165) is 56.3 Å². The number of hydrogen-bond acceptors (Lipinski definition) is 6. The molecule has 0 radical (unpaired) electrons. The highest BCUT2D eigenvalue weighted by Crippen LogP contribution is 2.26. The number of nitrogens with one attached hydrogen (secondary N) is 2. The van der Waals surface area contributed by atoms with Crippen LogP contribution in [0.1, 0.15) is 75.2 Å². The Balaban J connectivity index is 1.79. The highest BCUT2D eigenvalue weighted by atomic mass is 32.2. The Kier molecular flexibility index (Phi) is 11.4. The van der Waals surface area contributed by atoms with Crippen molar-refractivity contribution >= 4 is 33.3 Å². The number of rotatable bonds is 9. The molecule has 2 amide bonds. The third-order valence-corrected chi connectivity index (χ3v) is 7.48. The molecule has 1 aliphatic heterocycles. The number of amides is 2. The summed E-state index contributed by atoms with van der Waals surface area (Å²) in [6.45, 7) is 9.97. The van der Waals surface area contributed by atoms with Gasteiger partial charge in [0.25, 0.3) is 5.91 Å². The molecule has 39 heavy (non-hydrogen) atoms. The number of benzene rings is 1. The van der Waals surface area contributed by atoms with Gasteiger partial charge in [-0.25, -0.2) is 13.1 Å². The zero-order valence-corrected chi connectivity index (χ0v) is 24.6. The molecule has 0 saturated carbocycles. The van der Waals surface area contributed by atoms with Crippen LogP contribution in [0.3, 0.4) is 0 Å². The first kappa shape index (κ1) is 30.6. The van der Waals surface area contributed by atoms with E-state index in [9.17, 15) is 18.0 Å². The molecular formula is C28H44N6O4S. The normalized spacial score (nSPS) is 15.8. The lowest BCUT2D eigenvalue weighted by Crippen LogP contribution is -2.33. The summed E-state index contributed by atoms with van der Waals surface area (Å²) in [6, 6.07) is 7.16. The van der Waals surface area contributed by atoms with E-state index < -0.39 is 10.0 Å². The van der Waals surface area contributed by atoms with Crippen LogP contribution in [0.4, 0.5) is 11.5 Å². The van der Waals surface area contributed by atoms with E-state index in [1.165, 1.54) is 23.7 Å². The number of hydrogen-bond donors (Lipinski definition) is 2. The first-order chi connectivity index (χ1) is 18.5. The molecule has 2 heterocycles. The summed E-state index contributed by atoms with van der Waals surface area (Å²) in [4.78, 5) is 30.1. The first-order valence-electron chi connectivity index (χ1n) is 13.9. The number of fused-ring (bicyclic) bond motifs is 1. The number of nitrogens with zero attached hydrogens (tertiary/aromatic N) is 4. The van der Waals surface area contributed by atoms with Crippen molar-refractivity contribution in [1.82, 2.24) is 20.0 Å². The van der Waals surface area contributed by atoms with Crippen LogP contribution in [0.15, 0.2) is 30.5 Å². The van der Waals surface area contributed by atoms with Crippen LogP contribution in [0.5, 0.6) is 0 Å². The lowest BCUT2D eigenvalue weighted by molar-refractivity contribution is -0.116. The van der Waals surface area contributed by atoms with Crippen molar-refractivity contribution in [3.63, 3.8) is 0 Å². The molecule has 2 N–H and O–H groups in total. The van der Waals surface area contributed by atoms with Crippen LogP contribution in [-0.2, 0) is 27.9 Å². The van der Waals surface area contributed by atoms with E-state index in [-0.39, 0.29) is 18.4 Å². The van der Waals surface area contributed by atoms with Gasteiger partial charge in [0.2, 0.25) is 15.9 Å². The van der Waals surface area contributed by atoms with Crippen LogP contribution >= 0.6 is 0 Å². The summed E-state index contributed by atoms with van der Waals surface area (Å²) < 4.78 is 27.1. The van der Waals surface area contributed by atoms with Crippen LogP contribution in [0.25, 0.3) is 0 Å². The van der Waals surface area contributed by atoms with Gasteiger partial charge < -0.3 is 10.2 Å². The second kappa shape index (κ2) is 14.5. The van der Waals surface area contributed by atoms with E-state index in [2.05, 4.69) is 33.9 Å². The summed E-state index contributed by atoms with van der Waals surface area (Å²) >= 11 is 0. The van der Waals surface area contributed by atoms with Crippen LogP contribution in [-0.4, -0.2) is 67.3 Å². The van der Waals surface area contributed by atoms with Gasteiger partial charge >= 0.3 is 0 Å². The van der Waals surface area contributed by atoms with E-state index in [0.29, 0.717) is 36.9 Å². The van der Waals surface area contributed by atoms with Crippen molar-refractivity contribution in [3.8, 4) is 0 Å². The van der Waals surface area contributed by atoms with Crippen LogP contribution in [0.2, 0.25) is 0 Å². The SMILES string of the molecule is CC(=O)N1CCCCCCCN(CCC(C)C)Cc2cc(C(=O)NCCn3nccc3NS(C)(=O)=O)ccc21. The van der Waals surface area contributed by atoms with E-state index in [1.54, 1.807) is 19.1 Å². The van der Waals surface area contributed by atoms with Gasteiger partial charge in [0.1, 0.15) is 5.82 Å². The van der Waals surface area contributed by atoms with Gasteiger partial charge in [-0.15, -0.1) is 0 Å². The molecule has 10 nitrogen and oxygen atoms in total. The Morgan fingerprint density at radius 3 is 2.44 bits per heavy atom. The summed E-state index contributed by atoms with van der Waals surface area (Å²) in [5, 5.41) is 7.05. The molecule has 0 aliphatic carbocycles. The van der Waals surface area contributed by atoms with Gasteiger partial charge in [0.05, 0.1) is 19.0 Å². The molecule has 1 aromatic carbocycles. The fourth-order valence-electron chi connectivity index (χ4n) is 4.82. The highest BCUT2D eigenvalue weighted by molar-refractivity contribution is 7.92. The maximum absolute atomic E-state index is 13.1. The average Bonchev–Trinajstić information content (AvgIpc) is 3.28. The zero-order chi connectivity index (χ0) is 28.4. The molecule has 0 unspecified atom stereocenters. The first-order valence-corrected chi connectivity index (χ1v) is 15.8. The summed E-state index contributed by atoms with van der Waals surface area (Å²) in [5.41, 5.74) is 2.39. The third-order valence-electron chi connectivity index (χ3n) is 6.90. The van der Waals surface area contributed by atoms with Crippen molar-refractivity contribution in [2.45, 2.75) is 72.4 Å². The maximum Gasteiger partial charge on any atom is 0.251 e. The fraction of sp³-hybridized carbons (Fsp3) is 0.607. The van der Waals surface area contributed by atoms with Gasteiger partial charge in [0, 0.05) is 43.9 Å². The van der Waals surface area contributed by atoms with Crippen molar-refractivity contribution < 1.29 is 18.0 Å². The molecule has 0 fully saturated rings. The topological polar surface area (TPSA) is 117 Å². The van der Waals surface area contributed by atoms with Gasteiger partial charge in [-0.3, -0.25) is 19.2 Å². The van der Waals surface area contributed by atoms with Gasteiger partial charge in [-0.05, 0) is 62.0 Å². The molecule has 0 spiro atoms. The molecular weight excluding hydrogens is 516 g/mol. The lowest BCUT2D eigenvalue weighted by Gasteiger charge is -2.29. The maximum atomic E-state index is 13.1. The molecule has 2 aromatic rings. The average molecular weight is 561 g/mol. The molecule has 11 heteroatoms. The zero-order valence-electron chi connectivity index (χ0n) is 23.8. The molecule has 0 saturated heterocycles. The highest BCUT2D eigenvalue weighted by Gasteiger charge is 2.20. The standard InChI is InChI=1S/C28H44N6O4S/c1-22(2)13-18-32-16-8-6-5-7-9-17-33(23(3)35)26-11-10-24(20-25(26)21-32)28(36)29-15-19-34-27(12-14-30-34)31-39(4,37)38/h10-12,14,20,22,31H,5-9,13,15-19,21H2,1-4H3,(H,29,36). The molecule has 1 aliphatic rings. The van der Waals surface area contributed by atoms with Crippen LogP contribution in [0, 0.1) is 5.92 Å². The summed E-state index contributed by atoms with van der Waals surface area (Å²) in [7, 11) is -3.43. The van der Waals surface area contributed by atoms with Crippen molar-refractivity contribution in [3.05, 3.63) is 41.6 Å². The smallest absolute Gasteiger partial charge is 0.251 e. The Morgan fingerprint density at radius 2 is 1.74 bits per heavy atom. The second-order valence-electron chi connectivity index (χ2n) is 10.8. The largest absolute Gasteiger partial charge is 0.350 e. The van der Waals surface area contributed by atoms with Gasteiger partial charge in [-0.2, -0.15) is 5.10 Å². The number of anilines is 2. The number of carbonyl (C=O) groups is 2. The minimum absolute atomic E-state index is 0.0111. The predicted molar refractivity (Wildman–Crippen MR) is 155 cm³/mol. The number of aromatic nitrogens is 2. The Morgan fingerprint density at radius 1 is 1.03 bits per heavy atom.